The van der Waals surface area contributed by atoms with Gasteiger partial charge in [0.1, 0.15) is 11.2 Å². The average molecular weight is 792 g/mol. The summed E-state index contributed by atoms with van der Waals surface area (Å²) in [5.74, 6) is 0. The molecular weight excluding hydrogens is 739 g/mol. The summed E-state index contributed by atoms with van der Waals surface area (Å²) in [6.45, 7) is 18.7. The molecule has 1 heterocycles. The summed E-state index contributed by atoms with van der Waals surface area (Å²) in [4.78, 5) is 2.52. The molecule has 300 valence electrons. The molecular formula is C59H53NO. The van der Waals surface area contributed by atoms with Crippen LogP contribution in [0.2, 0.25) is 0 Å². The van der Waals surface area contributed by atoms with E-state index >= 15 is 0 Å². The lowest BCUT2D eigenvalue weighted by atomic mass is 9.80. The molecule has 1 aliphatic carbocycles. The number of benzene rings is 8. The first kappa shape index (κ1) is 38.6. The van der Waals surface area contributed by atoms with Gasteiger partial charge in [0.05, 0.1) is 11.1 Å². The third-order valence-corrected chi connectivity index (χ3v) is 12.9. The van der Waals surface area contributed by atoms with Gasteiger partial charge in [-0.2, -0.15) is 0 Å². The van der Waals surface area contributed by atoms with Crippen LogP contribution in [0.4, 0.5) is 17.1 Å². The van der Waals surface area contributed by atoms with Gasteiger partial charge in [-0.05, 0) is 132 Å². The van der Waals surface area contributed by atoms with E-state index in [2.05, 4.69) is 236 Å². The van der Waals surface area contributed by atoms with Crippen molar-refractivity contribution in [2.24, 2.45) is 0 Å². The molecule has 0 amide bonds. The van der Waals surface area contributed by atoms with Gasteiger partial charge in [-0.25, -0.2) is 0 Å². The molecule has 0 saturated carbocycles. The minimum absolute atomic E-state index is 0.0723. The average Bonchev–Trinajstić information content (AvgIpc) is 3.74. The molecule has 0 saturated heterocycles. The topological polar surface area (TPSA) is 16.4 Å². The van der Waals surface area contributed by atoms with E-state index < -0.39 is 0 Å². The summed E-state index contributed by atoms with van der Waals surface area (Å²) in [5, 5.41) is 2.20. The zero-order valence-corrected chi connectivity index (χ0v) is 36.6. The minimum atomic E-state index is -0.224. The van der Waals surface area contributed by atoms with Crippen molar-refractivity contribution in [3.63, 3.8) is 0 Å². The van der Waals surface area contributed by atoms with Gasteiger partial charge in [-0.1, -0.05) is 177 Å². The highest BCUT2D eigenvalue weighted by molar-refractivity contribution is 6.15. The van der Waals surface area contributed by atoms with E-state index in [1.54, 1.807) is 0 Å². The molecule has 1 aliphatic rings. The maximum atomic E-state index is 6.97. The summed E-state index contributed by atoms with van der Waals surface area (Å²) < 4.78 is 6.97. The zero-order valence-electron chi connectivity index (χ0n) is 36.6. The molecule has 61 heavy (non-hydrogen) atoms. The first-order valence-electron chi connectivity index (χ1n) is 21.7. The molecule has 0 aliphatic heterocycles. The Bertz CT molecular complexity index is 3070. The number of hydrogen-bond donors (Lipinski definition) is 0. The van der Waals surface area contributed by atoms with Crippen LogP contribution in [0.1, 0.15) is 77.6 Å². The zero-order chi connectivity index (χ0) is 42.3. The van der Waals surface area contributed by atoms with Crippen LogP contribution < -0.4 is 4.90 Å². The van der Waals surface area contributed by atoms with Crippen molar-refractivity contribution in [2.75, 3.05) is 4.90 Å². The van der Waals surface area contributed by atoms with Crippen molar-refractivity contribution in [1.29, 1.82) is 0 Å². The van der Waals surface area contributed by atoms with E-state index in [9.17, 15) is 0 Å². The lowest BCUT2D eigenvalue weighted by Gasteiger charge is -2.32. The van der Waals surface area contributed by atoms with Crippen LogP contribution in [-0.4, -0.2) is 0 Å². The summed E-state index contributed by atoms with van der Waals surface area (Å²) in [6.07, 6.45) is 0. The van der Waals surface area contributed by atoms with Crippen LogP contribution >= 0.6 is 0 Å². The Balaban J connectivity index is 1.26. The van der Waals surface area contributed by atoms with E-state index in [0.29, 0.717) is 0 Å². The predicted octanol–water partition coefficient (Wildman–Crippen LogP) is 17.0. The molecule has 2 heteroatoms. The van der Waals surface area contributed by atoms with Crippen molar-refractivity contribution in [2.45, 2.75) is 71.6 Å². The van der Waals surface area contributed by atoms with Crippen LogP contribution in [0.3, 0.4) is 0 Å². The Morgan fingerprint density at radius 1 is 0.410 bits per heavy atom. The summed E-state index contributed by atoms with van der Waals surface area (Å²) in [7, 11) is 0. The molecule has 0 radical (unpaired) electrons. The van der Waals surface area contributed by atoms with Gasteiger partial charge in [-0.3, -0.25) is 0 Å². The fourth-order valence-electron chi connectivity index (χ4n) is 9.38. The van der Waals surface area contributed by atoms with Crippen molar-refractivity contribution in [3.05, 3.63) is 198 Å². The molecule has 10 rings (SSSR count). The second kappa shape index (κ2) is 14.2. The number of anilines is 3. The van der Waals surface area contributed by atoms with Crippen LogP contribution in [0, 0.1) is 0 Å². The number of furan rings is 1. The summed E-state index contributed by atoms with van der Waals surface area (Å²) >= 11 is 0. The van der Waals surface area contributed by atoms with E-state index in [1.165, 1.54) is 50.1 Å². The molecule has 0 N–H and O–H groups in total. The molecule has 0 atom stereocenters. The highest BCUT2D eigenvalue weighted by atomic mass is 16.3. The predicted molar refractivity (Wildman–Crippen MR) is 260 cm³/mol. The van der Waals surface area contributed by atoms with E-state index in [1.807, 2.05) is 0 Å². The van der Waals surface area contributed by atoms with Crippen LogP contribution in [0.15, 0.2) is 180 Å². The maximum Gasteiger partial charge on any atom is 0.138 e. The number of fused-ring (bicyclic) bond motifs is 6. The lowest BCUT2D eigenvalue weighted by molar-refractivity contribution is 0.569. The Kier molecular flexibility index (Phi) is 9.00. The van der Waals surface area contributed by atoms with Gasteiger partial charge >= 0.3 is 0 Å². The van der Waals surface area contributed by atoms with Gasteiger partial charge in [-0.15, -0.1) is 0 Å². The van der Waals surface area contributed by atoms with E-state index in [-0.39, 0.29) is 16.2 Å². The van der Waals surface area contributed by atoms with E-state index in [4.69, 9.17) is 4.42 Å². The second-order valence-corrected chi connectivity index (χ2v) is 19.5. The third-order valence-electron chi connectivity index (χ3n) is 12.9. The number of nitrogens with zero attached hydrogens (tertiary/aromatic N) is 1. The van der Waals surface area contributed by atoms with Gasteiger partial charge in [0.25, 0.3) is 0 Å². The normalized spacial score (nSPS) is 13.4. The molecule has 8 aromatic carbocycles. The lowest BCUT2D eigenvalue weighted by Crippen LogP contribution is -2.20. The quantitative estimate of drug-likeness (QED) is 0.167. The maximum absolute atomic E-state index is 6.97. The molecule has 0 unspecified atom stereocenters. The Morgan fingerprint density at radius 2 is 0.902 bits per heavy atom. The first-order chi connectivity index (χ1) is 29.2. The molecule has 0 bridgehead atoms. The Hall–Kier alpha value is -6.64. The smallest absolute Gasteiger partial charge is 0.138 e. The van der Waals surface area contributed by atoms with Crippen molar-refractivity contribution in [3.8, 4) is 44.5 Å². The van der Waals surface area contributed by atoms with Crippen molar-refractivity contribution < 1.29 is 4.42 Å². The fraction of sp³-hybridized carbons (Fsp3) is 0.186. The van der Waals surface area contributed by atoms with Crippen LogP contribution in [0.5, 0.6) is 0 Å². The highest BCUT2D eigenvalue weighted by Gasteiger charge is 2.37. The van der Waals surface area contributed by atoms with Crippen LogP contribution in [-0.2, 0) is 16.2 Å². The Morgan fingerprint density at radius 3 is 1.48 bits per heavy atom. The monoisotopic (exact) mass is 791 g/mol. The second-order valence-electron chi connectivity index (χ2n) is 19.5. The third kappa shape index (κ3) is 6.75. The minimum Gasteiger partial charge on any atom is -0.456 e. The largest absolute Gasteiger partial charge is 0.456 e. The van der Waals surface area contributed by atoms with E-state index in [0.717, 1.165) is 55.7 Å². The number of rotatable bonds is 6. The summed E-state index contributed by atoms with van der Waals surface area (Å²) in [5.41, 5.74) is 19.7. The molecule has 2 nitrogen and oxygen atoms in total. The fourth-order valence-corrected chi connectivity index (χ4v) is 9.38. The molecule has 0 fully saturated rings. The highest BCUT2D eigenvalue weighted by Crippen LogP contribution is 2.53. The first-order valence-corrected chi connectivity index (χ1v) is 21.7. The molecule has 9 aromatic rings. The standard InChI is InChI=1S/C59H53NO/c1-57(2,3)44-34-45(58(4,5)6)36-47(35-44)60(46-26-29-49-48-27-24-41(38-18-12-9-13-19-38)30-51(48)59(7,8)52(49)37-46)53-31-43(40-22-16-11-17-23-40)33-55-56(53)50-28-25-42(32-54(50)61-55)39-20-14-10-15-21-39/h9-37H,1-8H3. The van der Waals surface area contributed by atoms with Gasteiger partial charge in [0.15, 0.2) is 0 Å². The Labute approximate surface area is 361 Å². The van der Waals surface area contributed by atoms with Crippen LogP contribution in [0.25, 0.3) is 66.4 Å². The summed E-state index contributed by atoms with van der Waals surface area (Å²) in [6, 6.07) is 64.8. The van der Waals surface area contributed by atoms with Gasteiger partial charge < -0.3 is 9.32 Å². The van der Waals surface area contributed by atoms with Gasteiger partial charge in [0.2, 0.25) is 0 Å². The molecule has 1 aromatic heterocycles. The SMILES string of the molecule is CC(C)(C)c1cc(N(c2ccc3c(c2)C(C)(C)c2cc(-c4ccccc4)ccc2-3)c2cc(-c3ccccc3)cc3oc4cc(-c5ccccc5)ccc4c23)cc(C(C)(C)C)c1. The van der Waals surface area contributed by atoms with Crippen molar-refractivity contribution in [1.82, 2.24) is 0 Å². The number of hydrogen-bond acceptors (Lipinski definition) is 2. The van der Waals surface area contributed by atoms with Gasteiger partial charge in [0, 0.05) is 22.2 Å². The molecule has 0 spiro atoms. The van der Waals surface area contributed by atoms with Crippen molar-refractivity contribution >= 4 is 39.0 Å².